The third kappa shape index (κ3) is 4.99. The number of halogens is 4. The number of carbonyl (C=O) groups excluding carboxylic acids is 1. The Morgan fingerprint density at radius 3 is 2.47 bits per heavy atom. The van der Waals surface area contributed by atoms with Gasteiger partial charge in [-0.3, -0.25) is 0 Å². The summed E-state index contributed by atoms with van der Waals surface area (Å²) in [4.78, 5) is 14.1. The minimum Gasteiger partial charge on any atom is -0.490 e. The lowest BCUT2D eigenvalue weighted by Crippen LogP contribution is -2.57. The highest BCUT2D eigenvalue weighted by Gasteiger charge is 2.56. The van der Waals surface area contributed by atoms with Crippen LogP contribution < -0.4 is 0 Å². The van der Waals surface area contributed by atoms with E-state index in [1.807, 2.05) is 6.92 Å². The zero-order valence-corrected chi connectivity index (χ0v) is 21.8. The van der Waals surface area contributed by atoms with E-state index < -0.39 is 40.4 Å². The number of benzene rings is 1. The van der Waals surface area contributed by atoms with Crippen LogP contribution in [0.25, 0.3) is 11.1 Å². The molecular weight excluding hydrogens is 494 g/mol. The average Bonchev–Trinajstić information content (AvgIpc) is 3.37. The molecule has 1 aliphatic heterocycles. The van der Waals surface area contributed by atoms with Gasteiger partial charge in [-0.15, -0.1) is 11.3 Å². The van der Waals surface area contributed by atoms with Crippen LogP contribution in [-0.4, -0.2) is 34.8 Å². The second kappa shape index (κ2) is 9.39. The number of amides is 1. The zero-order chi connectivity index (χ0) is 26.5. The number of ether oxygens (including phenoxy) is 2. The molecule has 36 heavy (non-hydrogen) atoms. The standard InChI is InChI=1S/C27H31F4NO3S/c1-16-22(28)21(13-18-11-12-32(26(16,18)5)24(33)35-25(2,3)4)34-15-19-14-20(17-9-7-6-8-10-17)23(36-19)27(29,30)31/h6-10,13-14,16,18,22H,11-12,15H2,1-5H3. The third-order valence-electron chi connectivity index (χ3n) is 7.11. The van der Waals surface area contributed by atoms with Gasteiger partial charge in [0.2, 0.25) is 0 Å². The Morgan fingerprint density at radius 1 is 1.19 bits per heavy atom. The summed E-state index contributed by atoms with van der Waals surface area (Å²) < 4.78 is 68.1. The van der Waals surface area contributed by atoms with Gasteiger partial charge in [-0.2, -0.15) is 13.2 Å². The van der Waals surface area contributed by atoms with Gasteiger partial charge >= 0.3 is 12.3 Å². The van der Waals surface area contributed by atoms with Gasteiger partial charge in [-0.1, -0.05) is 37.3 Å². The van der Waals surface area contributed by atoms with Crippen molar-refractivity contribution in [1.82, 2.24) is 4.90 Å². The van der Waals surface area contributed by atoms with Crippen molar-refractivity contribution in [2.45, 2.75) is 71.1 Å². The molecule has 1 aliphatic carbocycles. The molecule has 4 rings (SSSR count). The van der Waals surface area contributed by atoms with E-state index in [1.165, 1.54) is 6.07 Å². The summed E-state index contributed by atoms with van der Waals surface area (Å²) in [5, 5.41) is 0. The Bertz CT molecular complexity index is 1140. The number of carbonyl (C=O) groups is 1. The minimum atomic E-state index is -4.51. The number of hydrogen-bond acceptors (Lipinski definition) is 4. The van der Waals surface area contributed by atoms with E-state index in [0.717, 1.165) is 0 Å². The predicted octanol–water partition coefficient (Wildman–Crippen LogP) is 7.84. The summed E-state index contributed by atoms with van der Waals surface area (Å²) in [6, 6.07) is 9.83. The molecule has 1 aromatic carbocycles. The maximum atomic E-state index is 15.6. The molecule has 4 atom stereocenters. The van der Waals surface area contributed by atoms with Crippen molar-refractivity contribution in [3.8, 4) is 11.1 Å². The molecule has 4 nitrogen and oxygen atoms in total. The second-order valence-corrected chi connectivity index (χ2v) is 11.8. The van der Waals surface area contributed by atoms with Crippen molar-refractivity contribution in [3.05, 3.63) is 58.0 Å². The topological polar surface area (TPSA) is 38.8 Å². The lowest BCUT2D eigenvalue weighted by Gasteiger charge is -2.47. The number of fused-ring (bicyclic) bond motifs is 1. The molecule has 1 fully saturated rings. The largest absolute Gasteiger partial charge is 0.490 e. The third-order valence-corrected chi connectivity index (χ3v) is 8.27. The van der Waals surface area contributed by atoms with Crippen molar-refractivity contribution in [3.63, 3.8) is 0 Å². The van der Waals surface area contributed by atoms with Crippen LogP contribution in [0.4, 0.5) is 22.4 Å². The highest BCUT2D eigenvalue weighted by molar-refractivity contribution is 7.12. The normalized spacial score (nSPS) is 26.4. The van der Waals surface area contributed by atoms with E-state index in [-0.39, 0.29) is 23.8 Å². The van der Waals surface area contributed by atoms with Crippen LogP contribution in [-0.2, 0) is 22.3 Å². The lowest BCUT2D eigenvalue weighted by atomic mass is 9.70. The first-order valence-corrected chi connectivity index (χ1v) is 12.8. The van der Waals surface area contributed by atoms with Crippen LogP contribution in [0.2, 0.25) is 0 Å². The Kier molecular flexibility index (Phi) is 6.92. The van der Waals surface area contributed by atoms with Crippen molar-refractivity contribution in [2.75, 3.05) is 6.54 Å². The molecule has 0 bridgehead atoms. The Hall–Kier alpha value is -2.55. The maximum Gasteiger partial charge on any atom is 0.426 e. The Morgan fingerprint density at radius 2 is 1.86 bits per heavy atom. The number of thiophene rings is 1. The predicted molar refractivity (Wildman–Crippen MR) is 131 cm³/mol. The molecule has 0 saturated carbocycles. The lowest BCUT2D eigenvalue weighted by molar-refractivity contribution is -0.133. The van der Waals surface area contributed by atoms with Gasteiger partial charge in [-0.05, 0) is 51.8 Å². The van der Waals surface area contributed by atoms with Crippen molar-refractivity contribution >= 4 is 17.4 Å². The monoisotopic (exact) mass is 525 g/mol. The van der Waals surface area contributed by atoms with Crippen molar-refractivity contribution < 1.29 is 31.8 Å². The molecule has 2 aromatic rings. The van der Waals surface area contributed by atoms with E-state index in [0.29, 0.717) is 34.7 Å². The summed E-state index contributed by atoms with van der Waals surface area (Å²) in [6.45, 7) is 9.21. The number of likely N-dealkylation sites (tertiary alicyclic amines) is 1. The Balaban J connectivity index is 1.55. The highest BCUT2D eigenvalue weighted by Crippen LogP contribution is 2.49. The maximum absolute atomic E-state index is 15.6. The van der Waals surface area contributed by atoms with Crippen LogP contribution in [0, 0.1) is 11.8 Å². The van der Waals surface area contributed by atoms with Gasteiger partial charge in [0.25, 0.3) is 0 Å². The van der Waals surface area contributed by atoms with E-state index >= 15 is 4.39 Å². The number of alkyl halides is 4. The highest BCUT2D eigenvalue weighted by atomic mass is 32.1. The molecule has 0 spiro atoms. The molecule has 0 N–H and O–H groups in total. The van der Waals surface area contributed by atoms with Crippen LogP contribution in [0.3, 0.4) is 0 Å². The number of rotatable bonds is 4. The van der Waals surface area contributed by atoms with Crippen LogP contribution in [0.15, 0.2) is 48.2 Å². The first-order valence-electron chi connectivity index (χ1n) is 12.0. The van der Waals surface area contributed by atoms with E-state index in [9.17, 15) is 18.0 Å². The van der Waals surface area contributed by atoms with Gasteiger partial charge in [0.1, 0.15) is 22.8 Å². The summed E-state index contributed by atoms with van der Waals surface area (Å²) >= 11 is 0.611. The number of hydrogen-bond donors (Lipinski definition) is 0. The first kappa shape index (κ1) is 26.5. The fourth-order valence-corrected chi connectivity index (χ4v) is 6.07. The van der Waals surface area contributed by atoms with Gasteiger partial charge < -0.3 is 14.4 Å². The molecular formula is C27H31F4NO3S. The van der Waals surface area contributed by atoms with Gasteiger partial charge in [0.05, 0.1) is 5.54 Å². The van der Waals surface area contributed by atoms with Crippen molar-refractivity contribution in [1.29, 1.82) is 0 Å². The summed E-state index contributed by atoms with van der Waals surface area (Å²) in [7, 11) is 0. The molecule has 9 heteroatoms. The quantitative estimate of drug-likeness (QED) is 0.382. The fourth-order valence-electron chi connectivity index (χ4n) is 5.11. The molecule has 1 saturated heterocycles. The fraction of sp³-hybridized carbons (Fsp3) is 0.519. The second-order valence-electron chi connectivity index (χ2n) is 10.6. The van der Waals surface area contributed by atoms with Crippen LogP contribution in [0.1, 0.15) is 50.8 Å². The average molecular weight is 526 g/mol. The minimum absolute atomic E-state index is 0.0888. The Labute approximate surface area is 212 Å². The zero-order valence-electron chi connectivity index (χ0n) is 21.0. The molecule has 2 heterocycles. The van der Waals surface area contributed by atoms with Gasteiger partial charge in [0, 0.05) is 28.8 Å². The summed E-state index contributed by atoms with van der Waals surface area (Å²) in [5.41, 5.74) is -0.908. The van der Waals surface area contributed by atoms with Gasteiger partial charge in [0.15, 0.2) is 6.17 Å². The molecule has 2 aliphatic rings. The molecule has 1 amide bonds. The summed E-state index contributed by atoms with van der Waals surface area (Å²) in [5.74, 6) is -0.637. The van der Waals surface area contributed by atoms with E-state index in [2.05, 4.69) is 0 Å². The van der Waals surface area contributed by atoms with Crippen molar-refractivity contribution in [2.24, 2.45) is 11.8 Å². The number of nitrogens with zero attached hydrogens (tertiary/aromatic N) is 1. The number of allylic oxidation sites excluding steroid dienone is 1. The summed E-state index contributed by atoms with van der Waals surface area (Å²) in [6.07, 6.45) is -4.17. The van der Waals surface area contributed by atoms with E-state index in [4.69, 9.17) is 9.47 Å². The molecule has 196 valence electrons. The molecule has 4 unspecified atom stereocenters. The molecule has 1 aromatic heterocycles. The van der Waals surface area contributed by atoms with Crippen LogP contribution in [0.5, 0.6) is 0 Å². The van der Waals surface area contributed by atoms with Crippen LogP contribution >= 0.6 is 11.3 Å². The SMILES string of the molecule is CC1C(F)C(OCc2cc(-c3ccccc3)c(C(F)(F)F)s2)=CC2CCN(C(=O)OC(C)(C)C)C21C. The smallest absolute Gasteiger partial charge is 0.426 e. The van der Waals surface area contributed by atoms with Gasteiger partial charge in [-0.25, -0.2) is 9.18 Å². The van der Waals surface area contributed by atoms with E-state index in [1.54, 1.807) is 69.0 Å². The molecule has 0 radical (unpaired) electrons. The first-order chi connectivity index (χ1) is 16.7.